The number of hydrogen-bond acceptors (Lipinski definition) is 3. The van der Waals surface area contributed by atoms with Gasteiger partial charge in [-0.3, -0.25) is 0 Å². The minimum atomic E-state index is 0.312. The van der Waals surface area contributed by atoms with Crippen LogP contribution in [0.2, 0.25) is 0 Å². The largest absolute Gasteiger partial charge is 0.370 e. The second kappa shape index (κ2) is 6.17. The predicted octanol–water partition coefficient (Wildman–Crippen LogP) is 2.94. The van der Waals surface area contributed by atoms with Crippen LogP contribution in [0.15, 0.2) is 0 Å². The molecule has 120 valence electrons. The van der Waals surface area contributed by atoms with Gasteiger partial charge in [-0.15, -0.1) is 0 Å². The fraction of sp³-hybridized carbons (Fsp3) is 1.00. The Kier molecular flexibility index (Phi) is 4.25. The Morgan fingerprint density at radius 2 is 1.90 bits per heavy atom. The molecule has 3 heteroatoms. The standard InChI is InChI=1S/C18H32N2O/c1-2-9-18(8-1)10-7-16(21-18)14-20-12-4-5-15(13-20)17-6-3-11-19-17/h15-17,19H,1-14H2. The summed E-state index contributed by atoms with van der Waals surface area (Å²) in [6.45, 7) is 5.06. The van der Waals surface area contributed by atoms with Gasteiger partial charge in [0, 0.05) is 19.1 Å². The minimum absolute atomic E-state index is 0.312. The van der Waals surface area contributed by atoms with Gasteiger partial charge < -0.3 is 15.0 Å². The molecule has 4 rings (SSSR count). The smallest absolute Gasteiger partial charge is 0.0710 e. The van der Waals surface area contributed by atoms with Crippen LogP contribution in [0.5, 0.6) is 0 Å². The van der Waals surface area contributed by atoms with E-state index in [0.717, 1.165) is 12.0 Å². The van der Waals surface area contributed by atoms with Crippen molar-refractivity contribution in [3.63, 3.8) is 0 Å². The highest BCUT2D eigenvalue weighted by atomic mass is 16.5. The van der Waals surface area contributed by atoms with Gasteiger partial charge in [0.1, 0.15) is 0 Å². The van der Waals surface area contributed by atoms with Crippen molar-refractivity contribution in [2.75, 3.05) is 26.2 Å². The maximum atomic E-state index is 6.52. The Balaban J connectivity index is 1.28. The lowest BCUT2D eigenvalue weighted by molar-refractivity contribution is -0.0511. The topological polar surface area (TPSA) is 24.5 Å². The van der Waals surface area contributed by atoms with Crippen LogP contribution in [-0.2, 0) is 4.74 Å². The van der Waals surface area contributed by atoms with E-state index in [-0.39, 0.29) is 0 Å². The normalized spacial score (nSPS) is 40.3. The van der Waals surface area contributed by atoms with Crippen molar-refractivity contribution < 1.29 is 4.74 Å². The molecule has 3 saturated heterocycles. The van der Waals surface area contributed by atoms with Crippen LogP contribution < -0.4 is 5.32 Å². The first-order valence-corrected chi connectivity index (χ1v) is 9.47. The van der Waals surface area contributed by atoms with Crippen LogP contribution in [-0.4, -0.2) is 48.8 Å². The van der Waals surface area contributed by atoms with Gasteiger partial charge in [0.2, 0.25) is 0 Å². The molecule has 0 radical (unpaired) electrons. The van der Waals surface area contributed by atoms with Crippen LogP contribution in [0.4, 0.5) is 0 Å². The summed E-state index contributed by atoms with van der Waals surface area (Å²) in [7, 11) is 0. The molecule has 1 spiro atoms. The van der Waals surface area contributed by atoms with Gasteiger partial charge in [-0.1, -0.05) is 12.8 Å². The molecule has 3 heterocycles. The molecule has 3 atom stereocenters. The van der Waals surface area contributed by atoms with Gasteiger partial charge in [-0.05, 0) is 70.4 Å². The number of rotatable bonds is 3. The molecular formula is C18H32N2O. The Labute approximate surface area is 129 Å². The molecule has 4 aliphatic rings. The first-order chi connectivity index (χ1) is 10.3. The maximum Gasteiger partial charge on any atom is 0.0710 e. The zero-order valence-corrected chi connectivity index (χ0v) is 13.5. The highest BCUT2D eigenvalue weighted by Crippen LogP contribution is 2.43. The number of nitrogens with one attached hydrogen (secondary N) is 1. The molecule has 0 amide bonds. The molecule has 21 heavy (non-hydrogen) atoms. The Morgan fingerprint density at radius 1 is 1.00 bits per heavy atom. The molecule has 1 saturated carbocycles. The van der Waals surface area contributed by atoms with E-state index in [1.165, 1.54) is 90.4 Å². The summed E-state index contributed by atoms with van der Waals surface area (Å²) in [5, 5.41) is 3.72. The molecule has 1 N–H and O–H groups in total. The van der Waals surface area contributed by atoms with E-state index in [9.17, 15) is 0 Å². The Bertz CT molecular complexity index is 347. The number of piperidine rings is 1. The van der Waals surface area contributed by atoms with Gasteiger partial charge in [-0.25, -0.2) is 0 Å². The van der Waals surface area contributed by atoms with Crippen LogP contribution in [0.25, 0.3) is 0 Å². The lowest BCUT2D eigenvalue weighted by atomic mass is 9.89. The zero-order valence-electron chi connectivity index (χ0n) is 13.5. The van der Waals surface area contributed by atoms with Crippen molar-refractivity contribution in [1.29, 1.82) is 0 Å². The highest BCUT2D eigenvalue weighted by Gasteiger charge is 2.42. The Hall–Kier alpha value is -0.120. The molecule has 0 aromatic rings. The van der Waals surface area contributed by atoms with E-state index < -0.39 is 0 Å². The van der Waals surface area contributed by atoms with E-state index >= 15 is 0 Å². The molecule has 0 aromatic carbocycles. The molecular weight excluding hydrogens is 260 g/mol. The maximum absolute atomic E-state index is 6.52. The van der Waals surface area contributed by atoms with Gasteiger partial charge >= 0.3 is 0 Å². The summed E-state index contributed by atoms with van der Waals surface area (Å²) in [5.74, 6) is 0.892. The van der Waals surface area contributed by atoms with E-state index in [2.05, 4.69) is 10.2 Å². The molecule has 4 fully saturated rings. The molecule has 0 bridgehead atoms. The average Bonchev–Trinajstić information content (AvgIpc) is 3.24. The second-order valence-corrected chi connectivity index (χ2v) is 8.03. The van der Waals surface area contributed by atoms with Crippen molar-refractivity contribution in [2.24, 2.45) is 5.92 Å². The molecule has 3 unspecified atom stereocenters. The van der Waals surface area contributed by atoms with Gasteiger partial charge in [0.25, 0.3) is 0 Å². The monoisotopic (exact) mass is 292 g/mol. The van der Waals surface area contributed by atoms with Crippen molar-refractivity contribution >= 4 is 0 Å². The van der Waals surface area contributed by atoms with Crippen molar-refractivity contribution in [2.45, 2.75) is 82.0 Å². The van der Waals surface area contributed by atoms with Crippen LogP contribution in [0.1, 0.15) is 64.2 Å². The van der Waals surface area contributed by atoms with E-state index in [4.69, 9.17) is 4.74 Å². The minimum Gasteiger partial charge on any atom is -0.370 e. The summed E-state index contributed by atoms with van der Waals surface area (Å²) in [6, 6.07) is 0.804. The molecule has 3 nitrogen and oxygen atoms in total. The predicted molar refractivity (Wildman–Crippen MR) is 85.5 cm³/mol. The second-order valence-electron chi connectivity index (χ2n) is 8.03. The number of nitrogens with zero attached hydrogens (tertiary/aromatic N) is 1. The lowest BCUT2D eigenvalue weighted by Crippen LogP contribution is -2.46. The molecule has 0 aromatic heterocycles. The first kappa shape index (κ1) is 14.5. The number of hydrogen-bond donors (Lipinski definition) is 1. The highest BCUT2D eigenvalue weighted by molar-refractivity contribution is 4.94. The third-order valence-electron chi connectivity index (χ3n) is 6.52. The van der Waals surface area contributed by atoms with Crippen LogP contribution in [0.3, 0.4) is 0 Å². The number of ether oxygens (including phenoxy) is 1. The third-order valence-corrected chi connectivity index (χ3v) is 6.52. The summed E-state index contributed by atoms with van der Waals surface area (Å²) in [4.78, 5) is 2.72. The fourth-order valence-corrected chi connectivity index (χ4v) is 5.40. The first-order valence-electron chi connectivity index (χ1n) is 9.47. The van der Waals surface area contributed by atoms with E-state index in [1.807, 2.05) is 0 Å². The summed E-state index contributed by atoms with van der Waals surface area (Å²) >= 11 is 0. The van der Waals surface area contributed by atoms with E-state index in [0.29, 0.717) is 11.7 Å². The Morgan fingerprint density at radius 3 is 2.71 bits per heavy atom. The molecule has 3 aliphatic heterocycles. The third kappa shape index (κ3) is 3.16. The van der Waals surface area contributed by atoms with Crippen LogP contribution in [0, 0.1) is 5.92 Å². The van der Waals surface area contributed by atoms with Crippen molar-refractivity contribution in [3.05, 3.63) is 0 Å². The summed E-state index contributed by atoms with van der Waals surface area (Å²) < 4.78 is 6.52. The number of likely N-dealkylation sites (tertiary alicyclic amines) is 1. The van der Waals surface area contributed by atoms with E-state index in [1.54, 1.807) is 0 Å². The van der Waals surface area contributed by atoms with Gasteiger partial charge in [0.05, 0.1) is 11.7 Å². The van der Waals surface area contributed by atoms with Crippen LogP contribution >= 0.6 is 0 Å². The van der Waals surface area contributed by atoms with Crippen molar-refractivity contribution in [1.82, 2.24) is 10.2 Å². The van der Waals surface area contributed by atoms with Gasteiger partial charge in [-0.2, -0.15) is 0 Å². The van der Waals surface area contributed by atoms with Gasteiger partial charge in [0.15, 0.2) is 0 Å². The zero-order chi connectivity index (χ0) is 14.1. The summed E-state index contributed by atoms with van der Waals surface area (Å²) in [5.41, 5.74) is 0.312. The molecule has 1 aliphatic carbocycles. The lowest BCUT2D eigenvalue weighted by Gasteiger charge is -2.37. The van der Waals surface area contributed by atoms with Crippen molar-refractivity contribution in [3.8, 4) is 0 Å². The fourth-order valence-electron chi connectivity index (χ4n) is 5.40. The summed E-state index contributed by atoms with van der Waals surface area (Å²) in [6.07, 6.45) is 14.2. The quantitative estimate of drug-likeness (QED) is 0.865. The SMILES string of the molecule is C1CNC(C2CCCN(CC3CCC4(CCCC4)O3)C2)C1. The average molecular weight is 292 g/mol.